The predicted octanol–water partition coefficient (Wildman–Crippen LogP) is 4.44. The minimum atomic E-state index is 0.149. The van der Waals surface area contributed by atoms with Crippen molar-refractivity contribution in [2.24, 2.45) is 0 Å². The summed E-state index contributed by atoms with van der Waals surface area (Å²) in [6, 6.07) is 0. The van der Waals surface area contributed by atoms with Crippen molar-refractivity contribution in [2.75, 3.05) is 0 Å². The van der Waals surface area contributed by atoms with Crippen LogP contribution in [0, 0.1) is 0 Å². The van der Waals surface area contributed by atoms with Gasteiger partial charge in [0, 0.05) is 0 Å². The van der Waals surface area contributed by atoms with E-state index in [1.165, 1.54) is 25.7 Å². The zero-order chi connectivity index (χ0) is 9.66. The molecular weight excluding hydrogens is 302 g/mol. The van der Waals surface area contributed by atoms with Gasteiger partial charge in [-0.25, -0.2) is 0 Å². The molecule has 0 atom stereocenters. The van der Waals surface area contributed by atoms with E-state index in [1.807, 2.05) is 0 Å². The second-order valence-corrected chi connectivity index (χ2v) is 7.26. The summed E-state index contributed by atoms with van der Waals surface area (Å²) in [5, 5.41) is 0. The molecule has 0 amide bonds. The summed E-state index contributed by atoms with van der Waals surface area (Å²) in [5.41, 5.74) is 0. The summed E-state index contributed by atoms with van der Waals surface area (Å²) < 4.78 is 6.44. The first-order valence-corrected chi connectivity index (χ1v) is 9.08. The van der Waals surface area contributed by atoms with Gasteiger partial charge in [-0.1, -0.05) is 0 Å². The Balaban J connectivity index is 0. The molecule has 0 spiro atoms. The van der Waals surface area contributed by atoms with Crippen LogP contribution >= 0.6 is 23.7 Å². The molecule has 0 aliphatic heterocycles. The van der Waals surface area contributed by atoms with E-state index in [-0.39, 0.29) is 21.1 Å². The van der Waals surface area contributed by atoms with E-state index in [9.17, 15) is 0 Å². The molecule has 0 aromatic carbocycles. The number of unbranched alkanes of at least 4 members (excludes halogenated alkanes) is 2. The van der Waals surface area contributed by atoms with E-state index in [1.54, 1.807) is 8.87 Å². The number of hydrogen-bond donors (Lipinski definition) is 0. The van der Waals surface area contributed by atoms with Gasteiger partial charge in [0.2, 0.25) is 0 Å². The Morgan fingerprint density at radius 1 is 1.00 bits per heavy atom. The second kappa shape index (κ2) is 18.2. The van der Waals surface area contributed by atoms with Crippen molar-refractivity contribution in [3.8, 4) is 0 Å². The zero-order valence-electron chi connectivity index (χ0n) is 7.91. The maximum Gasteiger partial charge on any atom is 0.0832 e. The van der Waals surface area contributed by atoms with E-state index < -0.39 is 0 Å². The van der Waals surface area contributed by atoms with Crippen LogP contribution in [0.1, 0.15) is 39.5 Å². The molecule has 0 aromatic rings. The average Bonchev–Trinajstić information content (AvgIpc) is 2.06. The van der Waals surface area contributed by atoms with Gasteiger partial charge in [0.1, 0.15) is 0 Å². The first-order chi connectivity index (χ1) is 5.83. The summed E-state index contributed by atoms with van der Waals surface area (Å²) in [6.07, 6.45) is 5.84. The van der Waals surface area contributed by atoms with Crippen LogP contribution in [0.5, 0.6) is 0 Å². The standard InChI is InChI=1S/2C4H9.Cl2O.Sn/c2*1-3-4-2;1-3-2;/h2*1,3-4H2,2H3;;. The van der Waals surface area contributed by atoms with E-state index in [2.05, 4.69) is 41.4 Å². The van der Waals surface area contributed by atoms with Crippen LogP contribution < -0.4 is 0 Å². The SMILES string of the molecule is CCC[CH2][Sn][CH2]CCC.ClOCl. The van der Waals surface area contributed by atoms with Gasteiger partial charge in [0.05, 0.1) is 23.7 Å². The molecule has 2 radical (unpaired) electrons. The Labute approximate surface area is 96.7 Å². The Morgan fingerprint density at radius 2 is 1.33 bits per heavy atom. The van der Waals surface area contributed by atoms with Crippen LogP contribution in [0.3, 0.4) is 0 Å². The molecular formula is C8H18Cl2OSn. The molecule has 0 fully saturated rings. The van der Waals surface area contributed by atoms with Gasteiger partial charge in [0.15, 0.2) is 0 Å². The quantitative estimate of drug-likeness (QED) is 0.519. The van der Waals surface area contributed by atoms with Gasteiger partial charge in [-0.2, -0.15) is 3.84 Å². The summed E-state index contributed by atoms with van der Waals surface area (Å²) in [7, 11) is 0. The van der Waals surface area contributed by atoms with E-state index in [0.717, 1.165) is 0 Å². The molecule has 0 aliphatic rings. The maximum absolute atomic E-state index is 4.26. The fourth-order valence-corrected chi connectivity index (χ4v) is 4.89. The van der Waals surface area contributed by atoms with Crippen molar-refractivity contribution < 1.29 is 3.84 Å². The summed E-state index contributed by atoms with van der Waals surface area (Å²) in [5.74, 6) is 0. The fourth-order valence-electron chi connectivity index (χ4n) is 0.729. The Kier molecular flexibility index (Phi) is 23.9. The molecule has 0 N–H and O–H groups in total. The molecule has 1 nitrogen and oxygen atoms in total. The Morgan fingerprint density at radius 3 is 1.58 bits per heavy atom. The third kappa shape index (κ3) is 22.5. The van der Waals surface area contributed by atoms with E-state index in [4.69, 9.17) is 0 Å². The van der Waals surface area contributed by atoms with E-state index in [0.29, 0.717) is 0 Å². The van der Waals surface area contributed by atoms with Crippen molar-refractivity contribution in [3.05, 3.63) is 0 Å². The second-order valence-electron chi connectivity index (χ2n) is 2.52. The first-order valence-electron chi connectivity index (χ1n) is 4.43. The van der Waals surface area contributed by atoms with Gasteiger partial charge in [-0.05, 0) is 0 Å². The molecule has 0 bridgehead atoms. The molecule has 0 saturated carbocycles. The van der Waals surface area contributed by atoms with Crippen molar-refractivity contribution in [1.29, 1.82) is 0 Å². The topological polar surface area (TPSA) is 9.23 Å². The average molecular weight is 320 g/mol. The normalized spacial score (nSPS) is 9.00. The van der Waals surface area contributed by atoms with Crippen LogP contribution in [0.15, 0.2) is 0 Å². The maximum atomic E-state index is 4.26. The Hall–Kier alpha value is 1.34. The smallest absolute Gasteiger partial charge is 0.0832 e. The van der Waals surface area contributed by atoms with Crippen molar-refractivity contribution in [2.45, 2.75) is 48.4 Å². The van der Waals surface area contributed by atoms with Gasteiger partial charge in [0.25, 0.3) is 0 Å². The predicted molar refractivity (Wildman–Crippen MR) is 58.0 cm³/mol. The monoisotopic (exact) mass is 320 g/mol. The molecule has 4 heteroatoms. The zero-order valence-corrected chi connectivity index (χ0v) is 12.3. The van der Waals surface area contributed by atoms with Gasteiger partial charge in [-0.15, -0.1) is 0 Å². The van der Waals surface area contributed by atoms with Crippen LogP contribution in [-0.4, -0.2) is 21.1 Å². The van der Waals surface area contributed by atoms with Crippen LogP contribution in [-0.2, 0) is 3.84 Å². The van der Waals surface area contributed by atoms with Crippen molar-refractivity contribution in [1.82, 2.24) is 0 Å². The first kappa shape index (κ1) is 15.8. The van der Waals surface area contributed by atoms with Gasteiger partial charge in [-0.3, -0.25) is 0 Å². The molecule has 0 aromatic heterocycles. The number of halogens is 2. The number of hydrogen-bond acceptors (Lipinski definition) is 1. The molecule has 0 rings (SSSR count). The molecule has 74 valence electrons. The van der Waals surface area contributed by atoms with E-state index >= 15 is 0 Å². The van der Waals surface area contributed by atoms with Crippen molar-refractivity contribution in [3.63, 3.8) is 0 Å². The molecule has 0 unspecified atom stereocenters. The third-order valence-corrected chi connectivity index (χ3v) is 5.45. The summed E-state index contributed by atoms with van der Waals surface area (Å²) in [4.78, 5) is 0. The largest absolute Gasteiger partial charge is 0.166 e. The van der Waals surface area contributed by atoms with Gasteiger partial charge < -0.3 is 0 Å². The molecule has 0 saturated heterocycles. The van der Waals surface area contributed by atoms with Crippen LogP contribution in [0.2, 0.25) is 8.87 Å². The summed E-state index contributed by atoms with van der Waals surface area (Å²) in [6.45, 7) is 4.58. The fraction of sp³-hybridized carbons (Fsp3) is 1.00. The Bertz CT molecular complexity index is 59.0. The third-order valence-electron chi connectivity index (χ3n) is 1.41. The minimum Gasteiger partial charge on any atom is -0.166 e. The van der Waals surface area contributed by atoms with Gasteiger partial charge >= 0.3 is 69.5 Å². The molecule has 12 heavy (non-hydrogen) atoms. The molecule has 0 aliphatic carbocycles. The van der Waals surface area contributed by atoms with Crippen LogP contribution in [0.4, 0.5) is 0 Å². The minimum absolute atomic E-state index is 0.149. The van der Waals surface area contributed by atoms with Crippen molar-refractivity contribution >= 4 is 44.9 Å². The van der Waals surface area contributed by atoms with Crippen LogP contribution in [0.25, 0.3) is 0 Å². The molecule has 0 heterocycles. The number of rotatable bonds is 6. The summed E-state index contributed by atoms with van der Waals surface area (Å²) >= 11 is 8.68.